The Balaban J connectivity index is 2.23. The van der Waals surface area contributed by atoms with E-state index in [1.165, 1.54) is 5.56 Å². The van der Waals surface area contributed by atoms with Crippen molar-refractivity contribution in [1.82, 2.24) is 10.2 Å². The van der Waals surface area contributed by atoms with Gasteiger partial charge in [0.15, 0.2) is 6.61 Å². The van der Waals surface area contributed by atoms with Gasteiger partial charge in [-0.05, 0) is 70.6 Å². The number of ether oxygens (including phenoxy) is 2. The Morgan fingerprint density at radius 1 is 1.12 bits per heavy atom. The number of rotatable bonds is 11. The molecule has 0 fully saturated rings. The van der Waals surface area contributed by atoms with Gasteiger partial charge in [-0.15, -0.1) is 0 Å². The van der Waals surface area contributed by atoms with Gasteiger partial charge in [-0.25, -0.2) is 0 Å². The maximum atomic E-state index is 13.2. The van der Waals surface area contributed by atoms with E-state index in [9.17, 15) is 9.59 Å². The molecule has 2 amide bonds. The molecule has 1 N–H and O–H groups in total. The zero-order valence-electron chi connectivity index (χ0n) is 19.5. The van der Waals surface area contributed by atoms with E-state index in [2.05, 4.69) is 35.1 Å². The number of hydrogen-bond acceptors (Lipinski definition) is 4. The number of nitrogens with one attached hydrogen (secondary N) is 1. The molecule has 0 heterocycles. The van der Waals surface area contributed by atoms with Gasteiger partial charge in [-0.2, -0.15) is 0 Å². The summed E-state index contributed by atoms with van der Waals surface area (Å²) in [6.07, 6.45) is 0.494. The molecule has 174 valence electrons. The molecular weight excluding hydrogens is 472 g/mol. The zero-order valence-corrected chi connectivity index (χ0v) is 21.1. The molecule has 0 bridgehead atoms. The van der Waals surface area contributed by atoms with E-state index in [1.54, 1.807) is 12.0 Å². The number of methoxy groups -OCH3 is 1. The average Bonchev–Trinajstić information content (AvgIpc) is 2.78. The monoisotopic (exact) mass is 504 g/mol. The van der Waals surface area contributed by atoms with Crippen LogP contribution in [0.5, 0.6) is 11.5 Å². The first-order valence-electron chi connectivity index (χ1n) is 10.9. The van der Waals surface area contributed by atoms with Crippen molar-refractivity contribution in [3.63, 3.8) is 0 Å². The molecule has 6 nitrogen and oxygen atoms in total. The van der Waals surface area contributed by atoms with Crippen molar-refractivity contribution < 1.29 is 19.1 Å². The summed E-state index contributed by atoms with van der Waals surface area (Å²) in [4.78, 5) is 27.5. The van der Waals surface area contributed by atoms with Gasteiger partial charge in [-0.1, -0.05) is 39.0 Å². The highest BCUT2D eigenvalue weighted by atomic mass is 79.9. The van der Waals surface area contributed by atoms with Crippen molar-refractivity contribution in [3.8, 4) is 11.5 Å². The SMILES string of the molecule is CCNC(=O)[C@@H](CC)N(Cc1cccc(OC)c1)C(=O)COc1ccc(C(C)C)cc1Br. The number of nitrogens with zero attached hydrogens (tertiary/aromatic N) is 1. The molecule has 0 saturated carbocycles. The normalized spacial score (nSPS) is 11.7. The standard InChI is InChI=1S/C25H33BrN2O4/c1-6-22(25(30)27-7-2)28(15-18-9-8-10-20(13-18)31-5)24(29)16-32-23-12-11-19(17(3)4)14-21(23)26/h8-14,17,22H,6-7,15-16H2,1-5H3,(H,27,30)/t22-/m1/s1. The Kier molecular flexibility index (Phi) is 10.0. The number of likely N-dealkylation sites (N-methyl/N-ethyl adjacent to an activating group) is 1. The van der Waals surface area contributed by atoms with Crippen molar-refractivity contribution in [2.24, 2.45) is 0 Å². The summed E-state index contributed by atoms with van der Waals surface area (Å²) in [5.74, 6) is 1.25. The topological polar surface area (TPSA) is 67.9 Å². The highest BCUT2D eigenvalue weighted by molar-refractivity contribution is 9.10. The molecule has 0 aromatic heterocycles. The van der Waals surface area contributed by atoms with Crippen LogP contribution in [0, 0.1) is 0 Å². The number of carbonyl (C=O) groups excluding carboxylic acids is 2. The van der Waals surface area contributed by atoms with Crippen LogP contribution in [0.4, 0.5) is 0 Å². The second kappa shape index (κ2) is 12.5. The van der Waals surface area contributed by atoms with Crippen LogP contribution >= 0.6 is 15.9 Å². The van der Waals surface area contributed by atoms with E-state index in [-0.39, 0.29) is 25.0 Å². The Hall–Kier alpha value is -2.54. The molecule has 0 aliphatic rings. The quantitative estimate of drug-likeness (QED) is 0.472. The molecule has 0 aliphatic heterocycles. The summed E-state index contributed by atoms with van der Waals surface area (Å²) in [6.45, 7) is 8.61. The molecule has 0 saturated heterocycles. The van der Waals surface area contributed by atoms with E-state index in [0.29, 0.717) is 30.4 Å². The molecule has 2 aromatic rings. The van der Waals surface area contributed by atoms with Gasteiger partial charge in [0.2, 0.25) is 5.91 Å². The van der Waals surface area contributed by atoms with Crippen molar-refractivity contribution in [2.45, 2.75) is 52.6 Å². The van der Waals surface area contributed by atoms with E-state index in [4.69, 9.17) is 9.47 Å². The lowest BCUT2D eigenvalue weighted by molar-refractivity contribution is -0.142. The smallest absolute Gasteiger partial charge is 0.261 e. The number of hydrogen-bond donors (Lipinski definition) is 1. The molecule has 0 aliphatic carbocycles. The van der Waals surface area contributed by atoms with Crippen LogP contribution in [0.15, 0.2) is 46.9 Å². The molecule has 7 heteroatoms. The van der Waals surface area contributed by atoms with Gasteiger partial charge < -0.3 is 19.7 Å². The zero-order chi connectivity index (χ0) is 23.7. The average molecular weight is 505 g/mol. The molecule has 2 aromatic carbocycles. The van der Waals surface area contributed by atoms with E-state index < -0.39 is 6.04 Å². The number of benzene rings is 2. The van der Waals surface area contributed by atoms with Crippen molar-refractivity contribution in [3.05, 3.63) is 58.1 Å². The third kappa shape index (κ3) is 6.99. The molecule has 0 spiro atoms. The minimum Gasteiger partial charge on any atom is -0.497 e. The summed E-state index contributed by atoms with van der Waals surface area (Å²) in [5.41, 5.74) is 2.06. The van der Waals surface area contributed by atoms with Gasteiger partial charge in [0, 0.05) is 13.1 Å². The lowest BCUT2D eigenvalue weighted by Gasteiger charge is -2.30. The van der Waals surface area contributed by atoms with Crippen LogP contribution in [0.25, 0.3) is 0 Å². The van der Waals surface area contributed by atoms with Crippen molar-refractivity contribution >= 4 is 27.7 Å². The molecule has 2 rings (SSSR count). The van der Waals surface area contributed by atoms with Crippen molar-refractivity contribution in [1.29, 1.82) is 0 Å². The first kappa shape index (κ1) is 25.7. The number of halogens is 1. The lowest BCUT2D eigenvalue weighted by Crippen LogP contribution is -2.50. The summed E-state index contributed by atoms with van der Waals surface area (Å²) in [5, 5.41) is 2.83. The van der Waals surface area contributed by atoms with Gasteiger partial charge in [0.1, 0.15) is 17.5 Å². The first-order valence-corrected chi connectivity index (χ1v) is 11.7. The largest absolute Gasteiger partial charge is 0.497 e. The minimum absolute atomic E-state index is 0.167. The summed E-state index contributed by atoms with van der Waals surface area (Å²) in [7, 11) is 1.60. The van der Waals surface area contributed by atoms with Crippen LogP contribution < -0.4 is 14.8 Å². The van der Waals surface area contributed by atoms with Crippen LogP contribution in [0.3, 0.4) is 0 Å². The Labute approximate surface area is 199 Å². The van der Waals surface area contributed by atoms with Gasteiger partial charge in [0.05, 0.1) is 11.6 Å². The minimum atomic E-state index is -0.594. The molecule has 1 atom stereocenters. The third-order valence-electron chi connectivity index (χ3n) is 5.20. The number of carbonyl (C=O) groups is 2. The molecule has 0 radical (unpaired) electrons. The second-order valence-electron chi connectivity index (χ2n) is 7.83. The van der Waals surface area contributed by atoms with Crippen LogP contribution in [-0.4, -0.2) is 43.0 Å². The summed E-state index contributed by atoms with van der Waals surface area (Å²) < 4.78 is 11.9. The summed E-state index contributed by atoms with van der Waals surface area (Å²) >= 11 is 3.53. The van der Waals surface area contributed by atoms with Crippen LogP contribution in [0.1, 0.15) is 51.2 Å². The van der Waals surface area contributed by atoms with Crippen molar-refractivity contribution in [2.75, 3.05) is 20.3 Å². The first-order chi connectivity index (χ1) is 15.3. The van der Waals surface area contributed by atoms with E-state index in [0.717, 1.165) is 10.0 Å². The summed E-state index contributed by atoms with van der Waals surface area (Å²) in [6, 6.07) is 12.8. The maximum Gasteiger partial charge on any atom is 0.261 e. The second-order valence-corrected chi connectivity index (χ2v) is 8.68. The van der Waals surface area contributed by atoms with Crippen LogP contribution in [0.2, 0.25) is 0 Å². The Bertz CT molecular complexity index is 917. The van der Waals surface area contributed by atoms with E-state index >= 15 is 0 Å². The number of amides is 2. The Morgan fingerprint density at radius 3 is 2.47 bits per heavy atom. The lowest BCUT2D eigenvalue weighted by atomic mass is 10.0. The highest BCUT2D eigenvalue weighted by Gasteiger charge is 2.29. The molecule has 0 unspecified atom stereocenters. The maximum absolute atomic E-state index is 13.2. The van der Waals surface area contributed by atoms with Gasteiger partial charge >= 0.3 is 0 Å². The van der Waals surface area contributed by atoms with E-state index in [1.807, 2.05) is 56.3 Å². The highest BCUT2D eigenvalue weighted by Crippen LogP contribution is 2.29. The fraction of sp³-hybridized carbons (Fsp3) is 0.440. The van der Waals surface area contributed by atoms with Gasteiger partial charge in [0.25, 0.3) is 5.91 Å². The van der Waals surface area contributed by atoms with Gasteiger partial charge in [-0.3, -0.25) is 9.59 Å². The molecule has 32 heavy (non-hydrogen) atoms. The Morgan fingerprint density at radius 2 is 1.88 bits per heavy atom. The van der Waals surface area contributed by atoms with Crippen LogP contribution in [-0.2, 0) is 16.1 Å². The fourth-order valence-corrected chi connectivity index (χ4v) is 3.91. The predicted molar refractivity (Wildman–Crippen MR) is 130 cm³/mol. The fourth-order valence-electron chi connectivity index (χ4n) is 3.39. The third-order valence-corrected chi connectivity index (χ3v) is 5.82. The predicted octanol–water partition coefficient (Wildman–Crippen LogP) is 4.90. The molecular formula is C25H33BrN2O4.